The second-order valence-corrected chi connectivity index (χ2v) is 6.32. The molecule has 1 aliphatic rings. The average molecular weight is 325 g/mol. The number of thioether (sulfide) groups is 1. The number of carboxylic acids is 1. The highest BCUT2D eigenvalue weighted by Crippen LogP contribution is 2.41. The van der Waals surface area contributed by atoms with Crippen LogP contribution >= 0.6 is 11.8 Å². The Morgan fingerprint density at radius 2 is 1.87 bits per heavy atom. The van der Waals surface area contributed by atoms with Gasteiger partial charge in [0.05, 0.1) is 17.1 Å². The summed E-state index contributed by atoms with van der Waals surface area (Å²) in [5, 5.41) is 8.99. The zero-order valence-corrected chi connectivity index (χ0v) is 13.3. The summed E-state index contributed by atoms with van der Waals surface area (Å²) >= 11 is 1.20. The number of benzene rings is 2. The molecule has 4 nitrogen and oxygen atoms in total. The van der Waals surface area contributed by atoms with Crippen molar-refractivity contribution in [1.29, 1.82) is 0 Å². The molecular formula is C18H15NO3S. The van der Waals surface area contributed by atoms with Crippen LogP contribution in [0.1, 0.15) is 11.1 Å². The summed E-state index contributed by atoms with van der Waals surface area (Å²) in [5.41, 5.74) is 2.95. The summed E-state index contributed by atoms with van der Waals surface area (Å²) in [6.07, 6.45) is 0.980. The molecule has 1 heterocycles. The number of aliphatic carboxylic acids is 1. The molecule has 23 heavy (non-hydrogen) atoms. The van der Waals surface area contributed by atoms with Gasteiger partial charge in [-0.2, -0.15) is 0 Å². The predicted octanol–water partition coefficient (Wildman–Crippen LogP) is 3.60. The van der Waals surface area contributed by atoms with Crippen LogP contribution in [0, 0.1) is 6.92 Å². The predicted molar refractivity (Wildman–Crippen MR) is 90.4 cm³/mol. The van der Waals surface area contributed by atoms with Gasteiger partial charge in [-0.3, -0.25) is 4.79 Å². The van der Waals surface area contributed by atoms with Crippen molar-refractivity contribution in [3.05, 3.63) is 70.6 Å². The molecule has 116 valence electrons. The molecule has 0 aliphatic carbocycles. The lowest BCUT2D eigenvalue weighted by Crippen LogP contribution is -2.34. The van der Waals surface area contributed by atoms with E-state index in [9.17, 15) is 9.59 Å². The summed E-state index contributed by atoms with van der Waals surface area (Å²) in [6.45, 7) is 2.42. The van der Waals surface area contributed by atoms with Crippen molar-refractivity contribution in [2.75, 3.05) is 4.90 Å². The number of hydrogen-bond acceptors (Lipinski definition) is 3. The molecule has 2 aromatic carbocycles. The third-order valence-electron chi connectivity index (χ3n) is 3.68. The van der Waals surface area contributed by atoms with E-state index in [1.165, 1.54) is 11.8 Å². The fourth-order valence-corrected chi connectivity index (χ4v) is 3.51. The highest BCUT2D eigenvalue weighted by molar-refractivity contribution is 8.04. The van der Waals surface area contributed by atoms with Crippen molar-refractivity contribution in [1.82, 2.24) is 0 Å². The number of rotatable bonds is 3. The summed E-state index contributed by atoms with van der Waals surface area (Å²) in [7, 11) is 0. The summed E-state index contributed by atoms with van der Waals surface area (Å²) in [6, 6.07) is 15.4. The number of carbonyl (C=O) groups excluding carboxylic acids is 1. The molecule has 0 atom stereocenters. The first-order chi connectivity index (χ1) is 11.1. The van der Waals surface area contributed by atoms with Crippen molar-refractivity contribution in [2.45, 2.75) is 18.4 Å². The number of carbonyl (C=O) groups is 2. The fourth-order valence-electron chi connectivity index (χ4n) is 2.49. The Labute approximate surface area is 138 Å². The molecule has 0 bridgehead atoms. The third-order valence-corrected chi connectivity index (χ3v) is 4.75. The minimum atomic E-state index is -1.11. The maximum Gasteiger partial charge on any atom is 0.329 e. The lowest BCUT2D eigenvalue weighted by Gasteiger charge is -2.30. The second kappa shape index (κ2) is 6.30. The van der Waals surface area contributed by atoms with Gasteiger partial charge in [-0.05, 0) is 30.2 Å². The molecule has 1 N–H and O–H groups in total. The Balaban J connectivity index is 2.04. The monoisotopic (exact) mass is 325 g/mol. The molecule has 0 spiro atoms. The van der Waals surface area contributed by atoms with Crippen LogP contribution < -0.4 is 4.90 Å². The largest absolute Gasteiger partial charge is 0.478 e. The Bertz CT molecular complexity index is 813. The number of aryl methyl sites for hydroxylation is 1. The molecule has 0 saturated carbocycles. The summed E-state index contributed by atoms with van der Waals surface area (Å²) < 4.78 is 0. The van der Waals surface area contributed by atoms with Gasteiger partial charge in [-0.25, -0.2) is 4.79 Å². The van der Waals surface area contributed by atoms with Gasteiger partial charge >= 0.3 is 5.97 Å². The number of nitrogens with zero attached hydrogens (tertiary/aromatic N) is 1. The Morgan fingerprint density at radius 1 is 1.17 bits per heavy atom. The number of hydrogen-bond donors (Lipinski definition) is 1. The molecular weight excluding hydrogens is 310 g/mol. The number of amides is 1. The number of fused-ring (bicyclic) bond motifs is 1. The maximum atomic E-state index is 12.7. The van der Waals surface area contributed by atoms with E-state index in [0.717, 1.165) is 27.8 Å². The first-order valence-corrected chi connectivity index (χ1v) is 7.96. The van der Waals surface area contributed by atoms with Crippen molar-refractivity contribution >= 4 is 29.3 Å². The van der Waals surface area contributed by atoms with E-state index < -0.39 is 5.97 Å². The Morgan fingerprint density at radius 3 is 2.61 bits per heavy atom. The third kappa shape index (κ3) is 3.14. The first-order valence-electron chi connectivity index (χ1n) is 7.14. The molecule has 2 aromatic rings. The topological polar surface area (TPSA) is 57.6 Å². The summed E-state index contributed by atoms with van der Waals surface area (Å²) in [4.78, 5) is 26.4. The van der Waals surface area contributed by atoms with Gasteiger partial charge in [-0.1, -0.05) is 48.2 Å². The molecule has 0 unspecified atom stereocenters. The van der Waals surface area contributed by atoms with Gasteiger partial charge in [0.2, 0.25) is 0 Å². The lowest BCUT2D eigenvalue weighted by atomic mass is 10.1. The number of anilines is 1. The van der Waals surface area contributed by atoms with Gasteiger partial charge < -0.3 is 10.0 Å². The fraction of sp³-hybridized carbons (Fsp3) is 0.111. The smallest absolute Gasteiger partial charge is 0.329 e. The van der Waals surface area contributed by atoms with Crippen molar-refractivity contribution in [2.24, 2.45) is 0 Å². The van der Waals surface area contributed by atoms with E-state index in [1.807, 2.05) is 55.5 Å². The normalized spacial score (nSPS) is 15.6. The van der Waals surface area contributed by atoms with Crippen molar-refractivity contribution in [3.8, 4) is 0 Å². The van der Waals surface area contributed by atoms with Crippen molar-refractivity contribution in [3.63, 3.8) is 0 Å². The van der Waals surface area contributed by atoms with E-state index in [0.29, 0.717) is 6.54 Å². The standard InChI is InChI=1S/C18H15NO3S/c1-12-6-2-3-7-13(12)11-19-14-8-4-5-9-15(14)23-16(18(19)22)10-17(20)21/h2-10H,11H2,1H3,(H,20,21). The maximum absolute atomic E-state index is 12.7. The van der Waals surface area contributed by atoms with Crippen LogP contribution in [0.3, 0.4) is 0 Å². The van der Waals surface area contributed by atoms with Crippen LogP contribution in [0.5, 0.6) is 0 Å². The lowest BCUT2D eigenvalue weighted by molar-refractivity contribution is -0.131. The van der Waals surface area contributed by atoms with Crippen molar-refractivity contribution < 1.29 is 14.7 Å². The minimum Gasteiger partial charge on any atom is -0.478 e. The number of carboxylic acid groups (broad SMARTS) is 1. The molecule has 0 aromatic heterocycles. The van der Waals surface area contributed by atoms with Crippen LogP contribution in [-0.4, -0.2) is 17.0 Å². The molecule has 0 radical (unpaired) electrons. The molecule has 5 heteroatoms. The van der Waals surface area contributed by atoms with E-state index >= 15 is 0 Å². The zero-order valence-electron chi connectivity index (χ0n) is 12.5. The second-order valence-electron chi connectivity index (χ2n) is 5.23. The van der Waals surface area contributed by atoms with E-state index in [4.69, 9.17) is 5.11 Å². The van der Waals surface area contributed by atoms with Crippen LogP contribution in [0.25, 0.3) is 0 Å². The van der Waals surface area contributed by atoms with E-state index in [2.05, 4.69) is 0 Å². The van der Waals surface area contributed by atoms with Gasteiger partial charge in [0.1, 0.15) is 0 Å². The molecule has 1 aliphatic heterocycles. The van der Waals surface area contributed by atoms with E-state index in [1.54, 1.807) is 4.90 Å². The average Bonchev–Trinajstić information content (AvgIpc) is 2.52. The van der Waals surface area contributed by atoms with E-state index in [-0.39, 0.29) is 10.8 Å². The van der Waals surface area contributed by atoms with Crippen LogP contribution in [0.2, 0.25) is 0 Å². The molecule has 0 fully saturated rings. The Kier molecular flexibility index (Phi) is 4.21. The van der Waals surface area contributed by atoms with Gasteiger partial charge in [0, 0.05) is 11.0 Å². The Hall–Kier alpha value is -2.53. The zero-order chi connectivity index (χ0) is 16.4. The molecule has 1 amide bonds. The van der Waals surface area contributed by atoms with Gasteiger partial charge in [0.15, 0.2) is 0 Å². The highest BCUT2D eigenvalue weighted by atomic mass is 32.2. The number of para-hydroxylation sites is 1. The van der Waals surface area contributed by atoms with Crippen LogP contribution in [0.15, 0.2) is 64.4 Å². The first kappa shape index (κ1) is 15.4. The van der Waals surface area contributed by atoms with Crippen LogP contribution in [-0.2, 0) is 16.1 Å². The van der Waals surface area contributed by atoms with Gasteiger partial charge in [0.25, 0.3) is 5.91 Å². The SMILES string of the molecule is Cc1ccccc1CN1C(=O)C(=CC(=O)O)Sc2ccccc21. The highest BCUT2D eigenvalue weighted by Gasteiger charge is 2.29. The molecule has 0 saturated heterocycles. The van der Waals surface area contributed by atoms with Gasteiger partial charge in [-0.15, -0.1) is 0 Å². The minimum absolute atomic E-state index is 0.227. The molecule has 3 rings (SSSR count). The summed E-state index contributed by atoms with van der Waals surface area (Å²) in [5.74, 6) is -1.39. The van der Waals surface area contributed by atoms with Crippen LogP contribution in [0.4, 0.5) is 5.69 Å². The quantitative estimate of drug-likeness (QED) is 0.876.